The van der Waals surface area contributed by atoms with Gasteiger partial charge in [0.05, 0.1) is 23.8 Å². The Labute approximate surface area is 107 Å². The summed E-state index contributed by atoms with van der Waals surface area (Å²) in [6.07, 6.45) is 1.20. The highest BCUT2D eigenvalue weighted by Gasteiger charge is 2.16. The zero-order valence-corrected chi connectivity index (χ0v) is 11.6. The fourth-order valence-corrected chi connectivity index (χ4v) is 2.27. The minimum atomic E-state index is -3.18. The number of rotatable bonds is 4. The standard InChI is InChI=1S/C12H17N3O2S/c1-4-15-11-8-6-5-7-10(11)13-12(15)9-14(2)18(3,16)17/h5-8H,4,9H2,1-3H3. The first kappa shape index (κ1) is 13.0. The Balaban J connectivity index is 2.45. The quantitative estimate of drug-likeness (QED) is 0.842. The molecule has 0 aliphatic carbocycles. The van der Waals surface area contributed by atoms with Gasteiger partial charge in [0.2, 0.25) is 10.0 Å². The lowest BCUT2D eigenvalue weighted by molar-refractivity contribution is 0.453. The van der Waals surface area contributed by atoms with Crippen molar-refractivity contribution in [2.24, 2.45) is 0 Å². The summed E-state index contributed by atoms with van der Waals surface area (Å²) in [6.45, 7) is 3.09. The van der Waals surface area contributed by atoms with E-state index >= 15 is 0 Å². The van der Waals surface area contributed by atoms with Crippen LogP contribution in [0.4, 0.5) is 0 Å². The molecule has 98 valence electrons. The van der Waals surface area contributed by atoms with Gasteiger partial charge in [-0.1, -0.05) is 12.1 Å². The van der Waals surface area contributed by atoms with Crippen LogP contribution in [0.15, 0.2) is 24.3 Å². The molecule has 1 aromatic carbocycles. The van der Waals surface area contributed by atoms with Gasteiger partial charge in [-0.05, 0) is 19.1 Å². The third-order valence-corrected chi connectivity index (χ3v) is 4.24. The molecule has 0 radical (unpaired) electrons. The summed E-state index contributed by atoms with van der Waals surface area (Å²) in [7, 11) is -1.62. The number of hydrogen-bond donors (Lipinski definition) is 0. The van der Waals surface area contributed by atoms with Gasteiger partial charge in [0.15, 0.2) is 0 Å². The molecule has 1 aromatic heterocycles. The van der Waals surface area contributed by atoms with Crippen molar-refractivity contribution >= 4 is 21.1 Å². The van der Waals surface area contributed by atoms with E-state index in [1.54, 1.807) is 7.05 Å². The zero-order chi connectivity index (χ0) is 13.3. The zero-order valence-electron chi connectivity index (χ0n) is 10.8. The molecular weight excluding hydrogens is 250 g/mol. The van der Waals surface area contributed by atoms with Crippen LogP contribution in [-0.4, -0.2) is 35.6 Å². The van der Waals surface area contributed by atoms with Crippen LogP contribution in [0.3, 0.4) is 0 Å². The van der Waals surface area contributed by atoms with E-state index in [0.29, 0.717) is 6.54 Å². The maximum absolute atomic E-state index is 11.4. The molecule has 18 heavy (non-hydrogen) atoms. The number of sulfonamides is 1. The molecule has 0 aliphatic rings. The largest absolute Gasteiger partial charge is 0.327 e. The third kappa shape index (κ3) is 2.39. The number of hydrogen-bond acceptors (Lipinski definition) is 3. The third-order valence-electron chi connectivity index (χ3n) is 2.98. The normalized spacial score (nSPS) is 12.4. The van der Waals surface area contributed by atoms with Gasteiger partial charge >= 0.3 is 0 Å². The molecule has 1 heterocycles. The molecule has 0 bridgehead atoms. The molecule has 0 spiro atoms. The fraction of sp³-hybridized carbons (Fsp3) is 0.417. The Hall–Kier alpha value is -1.40. The maximum atomic E-state index is 11.4. The predicted octanol–water partition coefficient (Wildman–Crippen LogP) is 1.45. The topological polar surface area (TPSA) is 55.2 Å². The van der Waals surface area contributed by atoms with Crippen LogP contribution in [0.1, 0.15) is 12.7 Å². The van der Waals surface area contributed by atoms with Crippen LogP contribution >= 0.6 is 0 Å². The molecule has 0 amide bonds. The van der Waals surface area contributed by atoms with Crippen LogP contribution in [0.25, 0.3) is 11.0 Å². The molecule has 0 N–H and O–H groups in total. The predicted molar refractivity (Wildman–Crippen MR) is 71.7 cm³/mol. The van der Waals surface area contributed by atoms with E-state index in [4.69, 9.17) is 0 Å². The smallest absolute Gasteiger partial charge is 0.211 e. The molecule has 2 rings (SSSR count). The average molecular weight is 267 g/mol. The van der Waals surface area contributed by atoms with Crippen molar-refractivity contribution in [1.82, 2.24) is 13.9 Å². The second kappa shape index (κ2) is 4.70. The summed E-state index contributed by atoms with van der Waals surface area (Å²) in [5, 5.41) is 0. The number of para-hydroxylation sites is 2. The second-order valence-corrected chi connectivity index (χ2v) is 6.37. The lowest BCUT2D eigenvalue weighted by atomic mass is 10.3. The number of imidazole rings is 1. The van der Waals surface area contributed by atoms with Crippen molar-refractivity contribution in [3.8, 4) is 0 Å². The van der Waals surface area contributed by atoms with E-state index < -0.39 is 10.0 Å². The van der Waals surface area contributed by atoms with Gasteiger partial charge in [-0.2, -0.15) is 4.31 Å². The molecule has 0 aliphatic heterocycles. The highest BCUT2D eigenvalue weighted by molar-refractivity contribution is 7.88. The molecule has 2 aromatic rings. The van der Waals surface area contributed by atoms with Crippen molar-refractivity contribution in [3.05, 3.63) is 30.1 Å². The number of aromatic nitrogens is 2. The molecular formula is C12H17N3O2S. The summed E-state index contributed by atoms with van der Waals surface area (Å²) in [6, 6.07) is 7.82. The summed E-state index contributed by atoms with van der Waals surface area (Å²) in [5.41, 5.74) is 1.94. The van der Waals surface area contributed by atoms with Crippen molar-refractivity contribution < 1.29 is 8.42 Å². The Kier molecular flexibility index (Phi) is 3.41. The number of nitrogens with zero attached hydrogens (tertiary/aromatic N) is 3. The van der Waals surface area contributed by atoms with Gasteiger partial charge in [0.25, 0.3) is 0 Å². The van der Waals surface area contributed by atoms with E-state index in [-0.39, 0.29) is 0 Å². The van der Waals surface area contributed by atoms with Crippen molar-refractivity contribution in [2.45, 2.75) is 20.0 Å². The molecule has 0 fully saturated rings. The van der Waals surface area contributed by atoms with Gasteiger partial charge in [-0.15, -0.1) is 0 Å². The Bertz CT molecular complexity index is 661. The summed E-state index contributed by atoms with van der Waals surface area (Å²) in [4.78, 5) is 4.49. The number of fused-ring (bicyclic) bond motifs is 1. The van der Waals surface area contributed by atoms with Crippen LogP contribution in [0.2, 0.25) is 0 Å². The van der Waals surface area contributed by atoms with Crippen LogP contribution in [0, 0.1) is 0 Å². The minimum Gasteiger partial charge on any atom is -0.327 e. The van der Waals surface area contributed by atoms with E-state index in [0.717, 1.165) is 23.4 Å². The lowest BCUT2D eigenvalue weighted by Crippen LogP contribution is -2.26. The van der Waals surface area contributed by atoms with Crippen molar-refractivity contribution in [3.63, 3.8) is 0 Å². The minimum absolute atomic E-state index is 0.293. The van der Waals surface area contributed by atoms with E-state index in [1.165, 1.54) is 10.6 Å². The van der Waals surface area contributed by atoms with Crippen LogP contribution < -0.4 is 0 Å². The average Bonchev–Trinajstić information content (AvgIpc) is 2.64. The van der Waals surface area contributed by atoms with E-state index in [9.17, 15) is 8.42 Å². The monoisotopic (exact) mass is 267 g/mol. The van der Waals surface area contributed by atoms with Crippen LogP contribution in [0.5, 0.6) is 0 Å². The van der Waals surface area contributed by atoms with Gasteiger partial charge in [-0.25, -0.2) is 13.4 Å². The van der Waals surface area contributed by atoms with Gasteiger partial charge in [0.1, 0.15) is 5.82 Å². The summed E-state index contributed by atoms with van der Waals surface area (Å²) >= 11 is 0. The van der Waals surface area contributed by atoms with Gasteiger partial charge in [0, 0.05) is 13.6 Å². The maximum Gasteiger partial charge on any atom is 0.211 e. The highest BCUT2D eigenvalue weighted by Crippen LogP contribution is 2.17. The molecule has 0 unspecified atom stereocenters. The fourth-order valence-electron chi connectivity index (χ4n) is 1.92. The first-order valence-corrected chi connectivity index (χ1v) is 7.63. The molecule has 0 saturated carbocycles. The van der Waals surface area contributed by atoms with E-state index in [1.807, 2.05) is 35.8 Å². The molecule has 0 atom stereocenters. The molecule has 5 nitrogen and oxygen atoms in total. The Morgan fingerprint density at radius 3 is 2.61 bits per heavy atom. The second-order valence-electron chi connectivity index (χ2n) is 4.28. The Morgan fingerprint density at radius 2 is 2.00 bits per heavy atom. The highest BCUT2D eigenvalue weighted by atomic mass is 32.2. The lowest BCUT2D eigenvalue weighted by Gasteiger charge is -2.14. The summed E-state index contributed by atoms with van der Waals surface area (Å²) in [5.74, 6) is 0.770. The molecule has 0 saturated heterocycles. The van der Waals surface area contributed by atoms with Crippen molar-refractivity contribution in [1.29, 1.82) is 0 Å². The Morgan fingerprint density at radius 1 is 1.33 bits per heavy atom. The van der Waals surface area contributed by atoms with Crippen molar-refractivity contribution in [2.75, 3.05) is 13.3 Å². The summed E-state index contributed by atoms with van der Waals surface area (Å²) < 4.78 is 26.2. The van der Waals surface area contributed by atoms with Crippen LogP contribution in [-0.2, 0) is 23.1 Å². The SMILES string of the molecule is CCn1c(CN(C)S(C)(=O)=O)nc2ccccc21. The van der Waals surface area contributed by atoms with Gasteiger partial charge < -0.3 is 4.57 Å². The first-order chi connectivity index (χ1) is 8.43. The molecule has 6 heteroatoms. The van der Waals surface area contributed by atoms with Gasteiger partial charge in [-0.3, -0.25) is 0 Å². The first-order valence-electron chi connectivity index (χ1n) is 5.79. The number of aryl methyl sites for hydroxylation is 1. The number of benzene rings is 1. The van der Waals surface area contributed by atoms with E-state index in [2.05, 4.69) is 4.98 Å².